The SMILES string of the molecule is COC(=O)c1cc2ccccc2nc1S(=O)Cc1ccccc1. The fourth-order valence-electron chi connectivity index (χ4n) is 2.32. The van der Waals surface area contributed by atoms with Crippen molar-refractivity contribution in [3.05, 3.63) is 71.8 Å². The van der Waals surface area contributed by atoms with Gasteiger partial charge in [-0.05, 0) is 17.7 Å². The van der Waals surface area contributed by atoms with Crippen LogP contribution in [0.4, 0.5) is 0 Å². The second-order valence-electron chi connectivity index (χ2n) is 5.00. The molecule has 0 aliphatic carbocycles. The molecule has 1 aromatic heterocycles. The summed E-state index contributed by atoms with van der Waals surface area (Å²) in [4.78, 5) is 16.5. The van der Waals surface area contributed by atoms with E-state index in [9.17, 15) is 9.00 Å². The van der Waals surface area contributed by atoms with Crippen molar-refractivity contribution in [3.63, 3.8) is 0 Å². The summed E-state index contributed by atoms with van der Waals surface area (Å²) in [5.41, 5.74) is 1.88. The molecule has 4 nitrogen and oxygen atoms in total. The summed E-state index contributed by atoms with van der Waals surface area (Å²) in [7, 11) is -0.129. The first kappa shape index (κ1) is 15.4. The van der Waals surface area contributed by atoms with Gasteiger partial charge >= 0.3 is 5.97 Å². The van der Waals surface area contributed by atoms with Gasteiger partial charge in [-0.2, -0.15) is 0 Å². The lowest BCUT2D eigenvalue weighted by atomic mass is 10.1. The molecule has 3 aromatic rings. The molecule has 1 atom stereocenters. The fraction of sp³-hybridized carbons (Fsp3) is 0.111. The zero-order valence-corrected chi connectivity index (χ0v) is 13.4. The molecule has 3 rings (SSSR count). The number of esters is 1. The van der Waals surface area contributed by atoms with Gasteiger partial charge in [0.25, 0.3) is 0 Å². The second kappa shape index (κ2) is 6.71. The molecule has 23 heavy (non-hydrogen) atoms. The zero-order chi connectivity index (χ0) is 16.2. The molecule has 0 amide bonds. The first-order chi connectivity index (χ1) is 11.2. The highest BCUT2D eigenvalue weighted by molar-refractivity contribution is 7.84. The smallest absolute Gasteiger partial charge is 0.340 e. The number of carbonyl (C=O) groups excluding carboxylic acids is 1. The van der Waals surface area contributed by atoms with Crippen LogP contribution < -0.4 is 0 Å². The van der Waals surface area contributed by atoms with Crippen molar-refractivity contribution >= 4 is 27.7 Å². The van der Waals surface area contributed by atoms with Crippen LogP contribution in [-0.2, 0) is 21.3 Å². The fourth-order valence-corrected chi connectivity index (χ4v) is 3.54. The Morgan fingerprint density at radius 1 is 1.09 bits per heavy atom. The minimum atomic E-state index is -1.44. The van der Waals surface area contributed by atoms with Crippen LogP contribution in [0.3, 0.4) is 0 Å². The largest absolute Gasteiger partial charge is 0.465 e. The van der Waals surface area contributed by atoms with Crippen LogP contribution in [0.5, 0.6) is 0 Å². The molecule has 0 fully saturated rings. The molecule has 0 saturated carbocycles. The lowest BCUT2D eigenvalue weighted by molar-refractivity contribution is 0.0596. The number of nitrogens with zero attached hydrogens (tertiary/aromatic N) is 1. The Hall–Kier alpha value is -2.53. The predicted molar refractivity (Wildman–Crippen MR) is 89.6 cm³/mol. The van der Waals surface area contributed by atoms with Crippen molar-refractivity contribution < 1.29 is 13.7 Å². The number of methoxy groups -OCH3 is 1. The topological polar surface area (TPSA) is 56.3 Å². The van der Waals surface area contributed by atoms with E-state index in [0.29, 0.717) is 11.3 Å². The van der Waals surface area contributed by atoms with Gasteiger partial charge in [-0.25, -0.2) is 9.78 Å². The van der Waals surface area contributed by atoms with Gasteiger partial charge in [-0.3, -0.25) is 4.21 Å². The molecule has 0 saturated heterocycles. The molecule has 116 valence electrons. The first-order valence-electron chi connectivity index (χ1n) is 7.09. The van der Waals surface area contributed by atoms with Crippen molar-refractivity contribution in [2.24, 2.45) is 0 Å². The highest BCUT2D eigenvalue weighted by Crippen LogP contribution is 2.22. The summed E-state index contributed by atoms with van der Waals surface area (Å²) >= 11 is 0. The van der Waals surface area contributed by atoms with E-state index in [1.54, 1.807) is 6.07 Å². The lowest BCUT2D eigenvalue weighted by Gasteiger charge is -2.09. The predicted octanol–water partition coefficient (Wildman–Crippen LogP) is 3.33. The van der Waals surface area contributed by atoms with E-state index >= 15 is 0 Å². The van der Waals surface area contributed by atoms with E-state index in [1.165, 1.54) is 7.11 Å². The summed E-state index contributed by atoms with van der Waals surface area (Å²) in [5, 5.41) is 1.08. The molecule has 1 heterocycles. The van der Waals surface area contributed by atoms with Gasteiger partial charge in [0.1, 0.15) is 5.03 Å². The maximum atomic E-state index is 12.7. The normalized spacial score (nSPS) is 12.0. The highest BCUT2D eigenvalue weighted by atomic mass is 32.2. The molecule has 0 spiro atoms. The van der Waals surface area contributed by atoms with Crippen LogP contribution in [0, 0.1) is 0 Å². The molecule has 0 aliphatic rings. The molecule has 0 N–H and O–H groups in total. The van der Waals surface area contributed by atoms with Crippen LogP contribution in [0.2, 0.25) is 0 Å². The summed E-state index contributed by atoms with van der Waals surface area (Å²) < 4.78 is 17.6. The van der Waals surface area contributed by atoms with Crippen molar-refractivity contribution in [2.45, 2.75) is 10.8 Å². The molecule has 1 unspecified atom stereocenters. The van der Waals surface area contributed by atoms with Crippen LogP contribution in [-0.4, -0.2) is 22.3 Å². The van der Waals surface area contributed by atoms with E-state index in [2.05, 4.69) is 4.98 Å². The number of aromatic nitrogens is 1. The zero-order valence-electron chi connectivity index (χ0n) is 12.6. The first-order valence-corrected chi connectivity index (χ1v) is 8.41. The minimum absolute atomic E-state index is 0.250. The summed E-state index contributed by atoms with van der Waals surface area (Å²) in [6.07, 6.45) is 0. The van der Waals surface area contributed by atoms with E-state index in [-0.39, 0.29) is 10.6 Å². The summed E-state index contributed by atoms with van der Waals surface area (Å²) in [6.45, 7) is 0. The lowest BCUT2D eigenvalue weighted by Crippen LogP contribution is -2.10. The number of carbonyl (C=O) groups is 1. The molecule has 5 heteroatoms. The van der Waals surface area contributed by atoms with Gasteiger partial charge in [0, 0.05) is 5.39 Å². The van der Waals surface area contributed by atoms with Crippen LogP contribution in [0.25, 0.3) is 10.9 Å². The van der Waals surface area contributed by atoms with E-state index < -0.39 is 16.8 Å². The summed E-state index contributed by atoms with van der Waals surface area (Å²) in [6, 6.07) is 18.6. The third kappa shape index (κ3) is 3.29. The molecule has 2 aromatic carbocycles. The van der Waals surface area contributed by atoms with Gasteiger partial charge in [0.2, 0.25) is 0 Å². The number of ether oxygens (including phenoxy) is 1. The Morgan fingerprint density at radius 3 is 2.52 bits per heavy atom. The maximum Gasteiger partial charge on any atom is 0.340 e. The van der Waals surface area contributed by atoms with Gasteiger partial charge in [0.05, 0.1) is 34.7 Å². The molecular formula is C18H15NO3S. The second-order valence-corrected chi connectivity index (χ2v) is 6.37. The van der Waals surface area contributed by atoms with E-state index in [0.717, 1.165) is 10.9 Å². The van der Waals surface area contributed by atoms with Crippen LogP contribution in [0.1, 0.15) is 15.9 Å². The average Bonchev–Trinajstić information content (AvgIpc) is 2.60. The third-order valence-corrected chi connectivity index (χ3v) is 4.79. The van der Waals surface area contributed by atoms with E-state index in [1.807, 2.05) is 54.6 Å². The number of rotatable bonds is 4. The molecular weight excluding hydrogens is 310 g/mol. The Labute approximate surface area is 136 Å². The van der Waals surface area contributed by atoms with Gasteiger partial charge < -0.3 is 4.74 Å². The van der Waals surface area contributed by atoms with Crippen molar-refractivity contribution in [2.75, 3.05) is 7.11 Å². The maximum absolute atomic E-state index is 12.7. The Morgan fingerprint density at radius 2 is 1.78 bits per heavy atom. The van der Waals surface area contributed by atoms with Gasteiger partial charge in [0.15, 0.2) is 0 Å². The summed E-state index contributed by atoms with van der Waals surface area (Å²) in [5.74, 6) is -0.226. The Bertz CT molecular complexity index is 878. The number of fused-ring (bicyclic) bond motifs is 1. The molecule has 0 aliphatic heterocycles. The van der Waals surface area contributed by atoms with Crippen molar-refractivity contribution in [1.29, 1.82) is 0 Å². The quantitative estimate of drug-likeness (QED) is 0.691. The van der Waals surface area contributed by atoms with Gasteiger partial charge in [-0.1, -0.05) is 48.5 Å². The van der Waals surface area contributed by atoms with Crippen molar-refractivity contribution in [1.82, 2.24) is 4.98 Å². The number of hydrogen-bond donors (Lipinski definition) is 0. The van der Waals surface area contributed by atoms with E-state index in [4.69, 9.17) is 4.74 Å². The number of para-hydroxylation sites is 1. The monoisotopic (exact) mass is 325 g/mol. The third-order valence-electron chi connectivity index (χ3n) is 3.45. The average molecular weight is 325 g/mol. The molecule has 0 bridgehead atoms. The van der Waals surface area contributed by atoms with Crippen LogP contribution >= 0.6 is 0 Å². The number of hydrogen-bond acceptors (Lipinski definition) is 4. The highest BCUT2D eigenvalue weighted by Gasteiger charge is 2.20. The number of benzene rings is 2. The van der Waals surface area contributed by atoms with Crippen LogP contribution in [0.15, 0.2) is 65.7 Å². The van der Waals surface area contributed by atoms with Gasteiger partial charge in [-0.15, -0.1) is 0 Å². The number of pyridine rings is 1. The Kier molecular flexibility index (Phi) is 4.48. The van der Waals surface area contributed by atoms with Crippen molar-refractivity contribution in [3.8, 4) is 0 Å². The standard InChI is InChI=1S/C18H15NO3S/c1-22-18(20)15-11-14-9-5-6-10-16(14)19-17(15)23(21)12-13-7-3-2-4-8-13/h2-11H,12H2,1H3. The molecule has 0 radical (unpaired) electrons. The Balaban J connectivity index is 2.07. The minimum Gasteiger partial charge on any atom is -0.465 e.